The molecule has 0 atom stereocenters. The highest BCUT2D eigenvalue weighted by Gasteiger charge is 2.14. The zero-order valence-electron chi connectivity index (χ0n) is 13.9. The van der Waals surface area contributed by atoms with Gasteiger partial charge in [0.05, 0.1) is 17.6 Å². The van der Waals surface area contributed by atoms with Crippen LogP contribution < -0.4 is 10.2 Å². The molecule has 0 aliphatic rings. The Hall–Kier alpha value is -2.50. The smallest absolute Gasteiger partial charge is 0.227 e. The summed E-state index contributed by atoms with van der Waals surface area (Å²) in [5.74, 6) is 0.170. The molecule has 0 spiro atoms. The average molecular weight is 316 g/mol. The molecule has 0 radical (unpaired) electrons. The van der Waals surface area contributed by atoms with E-state index in [4.69, 9.17) is 0 Å². The number of benzene rings is 1. The Balaban J connectivity index is 2.20. The van der Waals surface area contributed by atoms with Crippen molar-refractivity contribution >= 4 is 23.2 Å². The predicted octanol–water partition coefficient (Wildman–Crippen LogP) is 3.74. The molecular weight excluding hydrogens is 295 g/mol. The Kier molecular flexibility index (Phi) is 5.26. The van der Waals surface area contributed by atoms with E-state index in [1.165, 1.54) is 12.1 Å². The number of hydrogen-bond acceptors (Lipinski definition) is 4. The second-order valence-corrected chi connectivity index (χ2v) is 5.45. The zero-order valence-corrected chi connectivity index (χ0v) is 13.9. The first-order valence-electron chi connectivity index (χ1n) is 7.55. The zero-order chi connectivity index (χ0) is 17.0. The summed E-state index contributed by atoms with van der Waals surface area (Å²) in [6.45, 7) is 5.60. The Morgan fingerprint density at radius 1 is 1.35 bits per heavy atom. The lowest BCUT2D eigenvalue weighted by atomic mass is 10.2. The van der Waals surface area contributed by atoms with Crippen molar-refractivity contribution < 1.29 is 9.18 Å². The number of carbonyl (C=O) groups is 1. The van der Waals surface area contributed by atoms with Crippen molar-refractivity contribution in [3.05, 3.63) is 41.5 Å². The fraction of sp³-hybridized carbons (Fsp3) is 0.353. The van der Waals surface area contributed by atoms with Crippen molar-refractivity contribution in [3.8, 4) is 0 Å². The minimum Gasteiger partial charge on any atom is -0.324 e. The van der Waals surface area contributed by atoms with Gasteiger partial charge in [0.1, 0.15) is 5.82 Å². The molecule has 1 aromatic heterocycles. The van der Waals surface area contributed by atoms with E-state index in [1.54, 1.807) is 24.2 Å². The molecule has 0 saturated heterocycles. The Morgan fingerprint density at radius 3 is 2.70 bits per heavy atom. The van der Waals surface area contributed by atoms with Gasteiger partial charge in [-0.2, -0.15) is 0 Å². The third kappa shape index (κ3) is 4.03. The van der Waals surface area contributed by atoms with Gasteiger partial charge in [-0.05, 0) is 44.0 Å². The molecule has 6 heteroatoms. The molecule has 0 unspecified atom stereocenters. The van der Waals surface area contributed by atoms with Crippen molar-refractivity contribution in [1.82, 2.24) is 9.97 Å². The number of halogens is 1. The number of hydrogen-bond donors (Lipinski definition) is 1. The highest BCUT2D eigenvalue weighted by atomic mass is 19.1. The van der Waals surface area contributed by atoms with E-state index >= 15 is 0 Å². The van der Waals surface area contributed by atoms with Crippen molar-refractivity contribution in [2.75, 3.05) is 17.3 Å². The van der Waals surface area contributed by atoms with Crippen LogP contribution in [0.15, 0.2) is 24.4 Å². The first-order chi connectivity index (χ1) is 10.9. The monoisotopic (exact) mass is 316 g/mol. The quantitative estimate of drug-likeness (QED) is 0.913. The summed E-state index contributed by atoms with van der Waals surface area (Å²) in [5, 5.41) is 3.07. The summed E-state index contributed by atoms with van der Waals surface area (Å²) in [6, 6.07) is 4.47. The normalized spacial score (nSPS) is 10.5. The van der Waals surface area contributed by atoms with Crippen LogP contribution in [0.4, 0.5) is 21.7 Å². The Labute approximate surface area is 135 Å². The van der Waals surface area contributed by atoms with Gasteiger partial charge in [0.25, 0.3) is 0 Å². The second-order valence-electron chi connectivity index (χ2n) is 5.45. The lowest BCUT2D eigenvalue weighted by molar-refractivity contribution is -0.118. The van der Waals surface area contributed by atoms with Crippen molar-refractivity contribution in [2.45, 2.75) is 33.6 Å². The van der Waals surface area contributed by atoms with Crippen LogP contribution in [-0.4, -0.2) is 22.9 Å². The molecule has 2 aromatic rings. The number of carbonyl (C=O) groups excluding carboxylic acids is 1. The lowest BCUT2D eigenvalue weighted by Gasteiger charge is -2.19. The molecular formula is C17H21FN4O. The van der Waals surface area contributed by atoms with Crippen LogP contribution in [0.3, 0.4) is 0 Å². The van der Waals surface area contributed by atoms with Gasteiger partial charge < -0.3 is 10.2 Å². The van der Waals surface area contributed by atoms with Crippen LogP contribution in [-0.2, 0) is 4.79 Å². The van der Waals surface area contributed by atoms with Crippen LogP contribution in [0.1, 0.15) is 31.0 Å². The molecule has 5 nitrogen and oxygen atoms in total. The molecule has 0 fully saturated rings. The molecule has 0 aliphatic carbocycles. The van der Waals surface area contributed by atoms with E-state index in [0.717, 1.165) is 17.7 Å². The number of aromatic nitrogens is 2. The maximum absolute atomic E-state index is 13.1. The predicted molar refractivity (Wildman–Crippen MR) is 89.5 cm³/mol. The molecule has 1 heterocycles. The standard InChI is InChI=1S/C17H21FN4O/c1-5-6-16(23)22(4)15-10-19-17(20-12(15)3)21-14-8-7-13(18)9-11(14)2/h7-10H,5-6H2,1-4H3,(H,19,20,21). The summed E-state index contributed by atoms with van der Waals surface area (Å²) in [5.41, 5.74) is 2.90. The second kappa shape index (κ2) is 7.17. The van der Waals surface area contributed by atoms with E-state index in [1.807, 2.05) is 20.8 Å². The first-order valence-corrected chi connectivity index (χ1v) is 7.55. The van der Waals surface area contributed by atoms with Crippen molar-refractivity contribution in [3.63, 3.8) is 0 Å². The summed E-state index contributed by atoms with van der Waals surface area (Å²) in [4.78, 5) is 22.2. The van der Waals surface area contributed by atoms with Gasteiger partial charge in [0, 0.05) is 19.2 Å². The molecule has 0 saturated carbocycles. The summed E-state index contributed by atoms with van der Waals surface area (Å²) >= 11 is 0. The molecule has 1 N–H and O–H groups in total. The first kappa shape index (κ1) is 16.9. The average Bonchev–Trinajstić information content (AvgIpc) is 2.50. The van der Waals surface area contributed by atoms with Crippen LogP contribution in [0.2, 0.25) is 0 Å². The van der Waals surface area contributed by atoms with Crippen LogP contribution >= 0.6 is 0 Å². The van der Waals surface area contributed by atoms with Gasteiger partial charge in [-0.25, -0.2) is 14.4 Å². The van der Waals surface area contributed by atoms with Crippen LogP contribution in [0.25, 0.3) is 0 Å². The van der Waals surface area contributed by atoms with Gasteiger partial charge in [-0.3, -0.25) is 4.79 Å². The number of anilines is 3. The van der Waals surface area contributed by atoms with E-state index in [-0.39, 0.29) is 11.7 Å². The molecule has 2 rings (SSSR count). The van der Waals surface area contributed by atoms with Gasteiger partial charge in [0.15, 0.2) is 0 Å². The maximum Gasteiger partial charge on any atom is 0.227 e. The largest absolute Gasteiger partial charge is 0.324 e. The minimum absolute atomic E-state index is 0.0364. The number of nitrogens with one attached hydrogen (secondary N) is 1. The summed E-state index contributed by atoms with van der Waals surface area (Å²) in [6.07, 6.45) is 2.91. The topological polar surface area (TPSA) is 58.1 Å². The number of aryl methyl sites for hydroxylation is 2. The van der Waals surface area contributed by atoms with E-state index < -0.39 is 0 Å². The van der Waals surface area contributed by atoms with Crippen molar-refractivity contribution in [2.24, 2.45) is 0 Å². The molecule has 23 heavy (non-hydrogen) atoms. The van der Waals surface area contributed by atoms with E-state index in [2.05, 4.69) is 15.3 Å². The van der Waals surface area contributed by atoms with E-state index in [9.17, 15) is 9.18 Å². The van der Waals surface area contributed by atoms with Gasteiger partial charge in [-0.1, -0.05) is 6.92 Å². The molecule has 0 aliphatic heterocycles. The maximum atomic E-state index is 13.1. The third-order valence-corrected chi connectivity index (χ3v) is 3.59. The molecule has 0 bridgehead atoms. The Bertz CT molecular complexity index is 718. The molecule has 122 valence electrons. The number of nitrogens with zero attached hydrogens (tertiary/aromatic N) is 3. The fourth-order valence-electron chi connectivity index (χ4n) is 2.25. The highest BCUT2D eigenvalue weighted by molar-refractivity contribution is 5.93. The van der Waals surface area contributed by atoms with Crippen LogP contribution in [0.5, 0.6) is 0 Å². The van der Waals surface area contributed by atoms with Gasteiger partial charge in [0.2, 0.25) is 11.9 Å². The van der Waals surface area contributed by atoms with Crippen molar-refractivity contribution in [1.29, 1.82) is 0 Å². The molecule has 1 aromatic carbocycles. The van der Waals surface area contributed by atoms with Gasteiger partial charge in [-0.15, -0.1) is 0 Å². The van der Waals surface area contributed by atoms with Crippen LogP contribution in [0, 0.1) is 19.7 Å². The fourth-order valence-corrected chi connectivity index (χ4v) is 2.25. The lowest BCUT2D eigenvalue weighted by Crippen LogP contribution is -2.27. The number of rotatable bonds is 5. The number of amides is 1. The van der Waals surface area contributed by atoms with Gasteiger partial charge >= 0.3 is 0 Å². The Morgan fingerprint density at radius 2 is 2.09 bits per heavy atom. The minimum atomic E-state index is -0.281. The third-order valence-electron chi connectivity index (χ3n) is 3.59. The molecule has 1 amide bonds. The summed E-state index contributed by atoms with van der Waals surface area (Å²) < 4.78 is 13.1. The summed E-state index contributed by atoms with van der Waals surface area (Å²) in [7, 11) is 1.72. The highest BCUT2D eigenvalue weighted by Crippen LogP contribution is 2.22. The SMILES string of the molecule is CCCC(=O)N(C)c1cnc(Nc2ccc(F)cc2C)nc1C. The van der Waals surface area contributed by atoms with E-state index in [0.29, 0.717) is 23.8 Å².